The predicted octanol–water partition coefficient (Wildman–Crippen LogP) is 2.10. The summed E-state index contributed by atoms with van der Waals surface area (Å²) in [5.41, 5.74) is 1.57. The summed E-state index contributed by atoms with van der Waals surface area (Å²) >= 11 is 0. The van der Waals surface area contributed by atoms with Crippen molar-refractivity contribution in [2.75, 3.05) is 16.8 Å². The van der Waals surface area contributed by atoms with Crippen molar-refractivity contribution in [1.82, 2.24) is 9.78 Å². The highest BCUT2D eigenvalue weighted by molar-refractivity contribution is 6.03. The van der Waals surface area contributed by atoms with Gasteiger partial charge in [-0.25, -0.2) is 4.68 Å². The quantitative estimate of drug-likeness (QED) is 0.904. The Morgan fingerprint density at radius 2 is 2.16 bits per heavy atom. The Labute approximate surface area is 145 Å². The third-order valence-electron chi connectivity index (χ3n) is 4.15. The van der Waals surface area contributed by atoms with Gasteiger partial charge in [0.1, 0.15) is 5.82 Å². The first-order valence-electron chi connectivity index (χ1n) is 8.16. The van der Waals surface area contributed by atoms with Gasteiger partial charge >= 0.3 is 0 Å². The van der Waals surface area contributed by atoms with Crippen molar-refractivity contribution in [3.8, 4) is 6.07 Å². The minimum absolute atomic E-state index is 0.0551. The molecule has 2 amide bonds. The van der Waals surface area contributed by atoms with Gasteiger partial charge in [-0.2, -0.15) is 10.4 Å². The molecule has 2 aromatic rings. The van der Waals surface area contributed by atoms with Crippen LogP contribution in [-0.2, 0) is 16.1 Å². The van der Waals surface area contributed by atoms with Crippen molar-refractivity contribution in [1.29, 1.82) is 5.26 Å². The van der Waals surface area contributed by atoms with Gasteiger partial charge in [0.2, 0.25) is 11.8 Å². The maximum atomic E-state index is 12.6. The van der Waals surface area contributed by atoms with E-state index in [0.717, 1.165) is 11.4 Å². The molecule has 1 aliphatic rings. The number of aromatic nitrogens is 2. The SMILES string of the molecule is Cc1cc(NC(=O)C2CC(=O)N(c3ccccc3)C2)n(CCC#N)n1. The molecule has 1 aromatic carbocycles. The maximum absolute atomic E-state index is 12.6. The van der Waals surface area contributed by atoms with Crippen LogP contribution in [0.25, 0.3) is 0 Å². The van der Waals surface area contributed by atoms with Gasteiger partial charge in [-0.05, 0) is 19.1 Å². The van der Waals surface area contributed by atoms with E-state index in [4.69, 9.17) is 5.26 Å². The summed E-state index contributed by atoms with van der Waals surface area (Å²) in [6.07, 6.45) is 0.500. The molecule has 0 radical (unpaired) electrons. The molecule has 7 nitrogen and oxygen atoms in total. The number of anilines is 2. The second-order valence-electron chi connectivity index (χ2n) is 6.03. The van der Waals surface area contributed by atoms with E-state index < -0.39 is 5.92 Å². The topological polar surface area (TPSA) is 91.0 Å². The lowest BCUT2D eigenvalue weighted by molar-refractivity contribution is -0.122. The van der Waals surface area contributed by atoms with Gasteiger partial charge in [0.25, 0.3) is 0 Å². The Hall–Kier alpha value is -3.14. The lowest BCUT2D eigenvalue weighted by atomic mass is 10.1. The number of rotatable bonds is 5. The molecule has 1 fully saturated rings. The first-order valence-corrected chi connectivity index (χ1v) is 8.16. The van der Waals surface area contributed by atoms with Gasteiger partial charge in [0.15, 0.2) is 0 Å². The lowest BCUT2D eigenvalue weighted by Crippen LogP contribution is -2.28. The number of amides is 2. The smallest absolute Gasteiger partial charge is 0.230 e. The molecule has 2 heterocycles. The molecule has 128 valence electrons. The van der Waals surface area contributed by atoms with Gasteiger partial charge in [-0.3, -0.25) is 9.59 Å². The van der Waals surface area contributed by atoms with Crippen LogP contribution in [0, 0.1) is 24.2 Å². The van der Waals surface area contributed by atoms with Crippen molar-refractivity contribution < 1.29 is 9.59 Å². The highest BCUT2D eigenvalue weighted by Gasteiger charge is 2.35. The number of nitrogens with one attached hydrogen (secondary N) is 1. The average Bonchev–Trinajstić information content (AvgIpc) is 3.16. The fourth-order valence-electron chi connectivity index (χ4n) is 2.94. The molecule has 25 heavy (non-hydrogen) atoms. The normalized spacial score (nSPS) is 16.7. The Balaban J connectivity index is 1.69. The lowest BCUT2D eigenvalue weighted by Gasteiger charge is -2.16. The fraction of sp³-hybridized carbons (Fsp3) is 0.333. The standard InChI is InChI=1S/C18H19N5O2/c1-13-10-16(23(21-13)9-5-8-19)20-18(25)14-11-17(24)22(12-14)15-6-3-2-4-7-15/h2-4,6-7,10,14H,5,9,11-12H2,1H3,(H,20,25). The molecular weight excluding hydrogens is 318 g/mol. The minimum atomic E-state index is -0.410. The van der Waals surface area contributed by atoms with E-state index in [0.29, 0.717) is 25.3 Å². The number of hydrogen-bond donors (Lipinski definition) is 1. The van der Waals surface area contributed by atoms with Gasteiger partial charge in [-0.1, -0.05) is 18.2 Å². The molecule has 0 aliphatic carbocycles. The second kappa shape index (κ2) is 7.18. The molecule has 1 atom stereocenters. The number of para-hydroxylation sites is 1. The molecule has 1 unspecified atom stereocenters. The number of hydrogen-bond acceptors (Lipinski definition) is 4. The van der Waals surface area contributed by atoms with Crippen LogP contribution in [0.1, 0.15) is 18.5 Å². The highest BCUT2D eigenvalue weighted by Crippen LogP contribution is 2.26. The van der Waals surface area contributed by atoms with Crippen molar-refractivity contribution in [3.63, 3.8) is 0 Å². The average molecular weight is 337 g/mol. The summed E-state index contributed by atoms with van der Waals surface area (Å²) in [6.45, 7) is 2.61. The van der Waals surface area contributed by atoms with Gasteiger partial charge < -0.3 is 10.2 Å². The van der Waals surface area contributed by atoms with Crippen LogP contribution < -0.4 is 10.2 Å². The largest absolute Gasteiger partial charge is 0.312 e. The Morgan fingerprint density at radius 3 is 2.88 bits per heavy atom. The third-order valence-corrected chi connectivity index (χ3v) is 4.15. The summed E-state index contributed by atoms with van der Waals surface area (Å²) in [5, 5.41) is 15.9. The zero-order valence-corrected chi connectivity index (χ0v) is 14.0. The molecule has 0 spiro atoms. The van der Waals surface area contributed by atoms with Crippen molar-refractivity contribution in [3.05, 3.63) is 42.1 Å². The fourth-order valence-corrected chi connectivity index (χ4v) is 2.94. The van der Waals surface area contributed by atoms with Crippen LogP contribution in [0.4, 0.5) is 11.5 Å². The second-order valence-corrected chi connectivity index (χ2v) is 6.03. The number of carbonyl (C=O) groups is 2. The highest BCUT2D eigenvalue weighted by atomic mass is 16.2. The molecule has 1 aromatic heterocycles. The molecule has 1 saturated heterocycles. The number of nitriles is 1. The predicted molar refractivity (Wildman–Crippen MR) is 92.7 cm³/mol. The summed E-state index contributed by atoms with van der Waals surface area (Å²) < 4.78 is 1.61. The summed E-state index contributed by atoms with van der Waals surface area (Å²) in [6, 6.07) is 13.2. The van der Waals surface area contributed by atoms with Gasteiger partial charge in [0, 0.05) is 24.7 Å². The van der Waals surface area contributed by atoms with Crippen molar-refractivity contribution in [2.45, 2.75) is 26.3 Å². The Morgan fingerprint density at radius 1 is 1.40 bits per heavy atom. The minimum Gasteiger partial charge on any atom is -0.312 e. The van der Waals surface area contributed by atoms with Crippen LogP contribution in [0.3, 0.4) is 0 Å². The van der Waals surface area contributed by atoms with Gasteiger partial charge in [-0.15, -0.1) is 0 Å². The van der Waals surface area contributed by atoms with E-state index in [1.807, 2.05) is 37.3 Å². The number of carbonyl (C=O) groups excluding carboxylic acids is 2. The van der Waals surface area contributed by atoms with Crippen LogP contribution in [0.15, 0.2) is 36.4 Å². The molecule has 0 bridgehead atoms. The van der Waals surface area contributed by atoms with Crippen LogP contribution in [0.2, 0.25) is 0 Å². The van der Waals surface area contributed by atoms with E-state index in [9.17, 15) is 9.59 Å². The summed E-state index contributed by atoms with van der Waals surface area (Å²) in [5.74, 6) is -0.110. The monoisotopic (exact) mass is 337 g/mol. The molecule has 3 rings (SSSR count). The van der Waals surface area contributed by atoms with Crippen molar-refractivity contribution in [2.24, 2.45) is 5.92 Å². The van der Waals surface area contributed by atoms with E-state index >= 15 is 0 Å². The third kappa shape index (κ3) is 3.69. The van der Waals surface area contributed by atoms with E-state index in [2.05, 4.69) is 16.5 Å². The Bertz CT molecular complexity index is 822. The summed E-state index contributed by atoms with van der Waals surface area (Å²) in [7, 11) is 0. The zero-order chi connectivity index (χ0) is 17.8. The molecule has 1 N–H and O–H groups in total. The van der Waals surface area contributed by atoms with Crippen LogP contribution in [-0.4, -0.2) is 28.1 Å². The van der Waals surface area contributed by atoms with Crippen LogP contribution in [0.5, 0.6) is 0 Å². The molecule has 1 aliphatic heterocycles. The summed E-state index contributed by atoms with van der Waals surface area (Å²) in [4.78, 5) is 26.5. The van der Waals surface area contributed by atoms with E-state index in [1.165, 1.54) is 0 Å². The number of benzene rings is 1. The van der Waals surface area contributed by atoms with E-state index in [-0.39, 0.29) is 18.2 Å². The Kier molecular flexibility index (Phi) is 4.80. The van der Waals surface area contributed by atoms with Gasteiger partial charge in [0.05, 0.1) is 30.6 Å². The van der Waals surface area contributed by atoms with E-state index in [1.54, 1.807) is 15.6 Å². The molecular formula is C18H19N5O2. The molecule has 7 heteroatoms. The number of nitrogens with zero attached hydrogens (tertiary/aromatic N) is 4. The number of aryl methyl sites for hydroxylation is 2. The maximum Gasteiger partial charge on any atom is 0.230 e. The first kappa shape index (κ1) is 16.7. The zero-order valence-electron chi connectivity index (χ0n) is 14.0. The first-order chi connectivity index (χ1) is 12.1. The van der Waals surface area contributed by atoms with Crippen molar-refractivity contribution >= 4 is 23.3 Å². The molecule has 0 saturated carbocycles. The van der Waals surface area contributed by atoms with Crippen LogP contribution >= 0.6 is 0 Å².